The molecule has 0 unspecified atom stereocenters. The first-order chi connectivity index (χ1) is 8.66. The largest absolute Gasteiger partial charge is 1.00 e. The normalized spacial score (nSPS) is 9.53. The number of carboxylic acids is 1. The molecule has 0 N–H and O–H groups in total. The first-order valence-electron chi connectivity index (χ1n) is 5.34. The topological polar surface area (TPSA) is 49.4 Å². The standard InChI is InChI=1S/C14H11BrO3.Na/c15-12-8-11(10-4-2-1-3-5-10)6-7-13(12)18-9-14(16)17;/h1-8H,9H2,(H,16,17);/q;+1/p-1. The minimum atomic E-state index is -1.24. The fourth-order valence-electron chi connectivity index (χ4n) is 1.56. The van der Waals surface area contributed by atoms with Crippen LogP contribution in [-0.2, 0) is 4.79 Å². The summed E-state index contributed by atoms with van der Waals surface area (Å²) in [5.41, 5.74) is 2.12. The van der Waals surface area contributed by atoms with Gasteiger partial charge in [0.25, 0.3) is 0 Å². The van der Waals surface area contributed by atoms with Gasteiger partial charge >= 0.3 is 29.6 Å². The van der Waals surface area contributed by atoms with E-state index in [1.54, 1.807) is 6.07 Å². The maximum atomic E-state index is 10.3. The van der Waals surface area contributed by atoms with Crippen LogP contribution in [0.5, 0.6) is 5.75 Å². The fourth-order valence-corrected chi connectivity index (χ4v) is 2.06. The van der Waals surface area contributed by atoms with Gasteiger partial charge in [0.1, 0.15) is 12.4 Å². The average molecular weight is 329 g/mol. The minimum absolute atomic E-state index is 0. The van der Waals surface area contributed by atoms with Crippen molar-refractivity contribution in [1.82, 2.24) is 0 Å². The summed E-state index contributed by atoms with van der Waals surface area (Å²) in [7, 11) is 0. The van der Waals surface area contributed by atoms with Gasteiger partial charge in [-0.2, -0.15) is 0 Å². The number of aliphatic carboxylic acids is 1. The Balaban J connectivity index is 0.00000180. The second-order valence-corrected chi connectivity index (χ2v) is 4.53. The second-order valence-electron chi connectivity index (χ2n) is 3.67. The van der Waals surface area contributed by atoms with Crippen LogP contribution in [0.1, 0.15) is 0 Å². The first kappa shape index (κ1) is 16.2. The maximum absolute atomic E-state index is 10.3. The van der Waals surface area contributed by atoms with E-state index in [2.05, 4.69) is 15.9 Å². The van der Waals surface area contributed by atoms with E-state index in [1.165, 1.54) is 0 Å². The summed E-state index contributed by atoms with van der Waals surface area (Å²) in [6, 6.07) is 15.4. The number of ether oxygens (including phenoxy) is 1. The van der Waals surface area contributed by atoms with Crippen LogP contribution in [0.4, 0.5) is 0 Å². The van der Waals surface area contributed by atoms with Crippen molar-refractivity contribution in [3.8, 4) is 16.9 Å². The zero-order chi connectivity index (χ0) is 13.0. The van der Waals surface area contributed by atoms with Crippen LogP contribution in [0.2, 0.25) is 0 Å². The molecule has 5 heteroatoms. The van der Waals surface area contributed by atoms with Gasteiger partial charge in [-0.3, -0.25) is 0 Å². The van der Waals surface area contributed by atoms with E-state index in [4.69, 9.17) is 4.74 Å². The zero-order valence-electron chi connectivity index (χ0n) is 10.4. The van der Waals surface area contributed by atoms with Crippen LogP contribution in [0.3, 0.4) is 0 Å². The summed E-state index contributed by atoms with van der Waals surface area (Å²) in [5.74, 6) is -0.757. The number of benzene rings is 2. The van der Waals surface area contributed by atoms with E-state index in [0.29, 0.717) is 10.2 Å². The summed E-state index contributed by atoms with van der Waals surface area (Å²) < 4.78 is 5.79. The molecule has 0 saturated carbocycles. The molecule has 2 aromatic rings. The van der Waals surface area contributed by atoms with Crippen LogP contribution >= 0.6 is 15.9 Å². The number of halogens is 1. The molecule has 0 saturated heterocycles. The third-order valence-electron chi connectivity index (χ3n) is 2.38. The van der Waals surface area contributed by atoms with Gasteiger partial charge in [0.15, 0.2) is 0 Å². The van der Waals surface area contributed by atoms with Gasteiger partial charge in [-0.1, -0.05) is 36.4 Å². The Morgan fingerprint density at radius 1 is 1.11 bits per heavy atom. The molecule has 0 aliphatic rings. The molecule has 0 bridgehead atoms. The van der Waals surface area contributed by atoms with E-state index in [-0.39, 0.29) is 29.6 Å². The van der Waals surface area contributed by atoms with Crippen molar-refractivity contribution in [2.24, 2.45) is 0 Å². The fraction of sp³-hybridized carbons (Fsp3) is 0.0714. The van der Waals surface area contributed by atoms with E-state index < -0.39 is 12.6 Å². The molecule has 2 rings (SSSR count). The van der Waals surface area contributed by atoms with Gasteiger partial charge in [0, 0.05) is 0 Å². The van der Waals surface area contributed by atoms with Gasteiger partial charge in [-0.15, -0.1) is 0 Å². The van der Waals surface area contributed by atoms with Crippen LogP contribution in [-0.4, -0.2) is 12.6 Å². The molecule has 0 heterocycles. The number of hydrogen-bond donors (Lipinski definition) is 0. The molecule has 0 radical (unpaired) electrons. The van der Waals surface area contributed by atoms with Gasteiger partial charge < -0.3 is 14.6 Å². The average Bonchev–Trinajstić information content (AvgIpc) is 2.38. The Morgan fingerprint density at radius 2 is 1.79 bits per heavy atom. The third-order valence-corrected chi connectivity index (χ3v) is 3.00. The van der Waals surface area contributed by atoms with Crippen molar-refractivity contribution in [1.29, 1.82) is 0 Å². The van der Waals surface area contributed by atoms with Gasteiger partial charge in [0.2, 0.25) is 0 Å². The third kappa shape index (κ3) is 4.66. The van der Waals surface area contributed by atoms with Crippen LogP contribution in [0, 0.1) is 0 Å². The molecular formula is C14H10BrNaO3. The van der Waals surface area contributed by atoms with Crippen molar-refractivity contribution < 1.29 is 44.2 Å². The van der Waals surface area contributed by atoms with E-state index in [0.717, 1.165) is 11.1 Å². The molecule has 0 aromatic heterocycles. The summed E-state index contributed by atoms with van der Waals surface area (Å²) in [6.45, 7) is -0.455. The zero-order valence-corrected chi connectivity index (χ0v) is 14.0. The van der Waals surface area contributed by atoms with Crippen LogP contribution < -0.4 is 39.4 Å². The van der Waals surface area contributed by atoms with E-state index in [9.17, 15) is 9.90 Å². The number of carbonyl (C=O) groups excluding carboxylic acids is 1. The van der Waals surface area contributed by atoms with Gasteiger partial charge in [-0.05, 0) is 39.2 Å². The predicted molar refractivity (Wildman–Crippen MR) is 70.1 cm³/mol. The molecule has 0 atom stereocenters. The van der Waals surface area contributed by atoms with E-state index in [1.807, 2.05) is 42.5 Å². The Labute approximate surface area is 142 Å². The van der Waals surface area contributed by atoms with Crippen molar-refractivity contribution in [2.75, 3.05) is 6.61 Å². The molecule has 0 aliphatic carbocycles. The Bertz CT molecular complexity index is 558. The smallest absolute Gasteiger partial charge is 0.546 e. The molecule has 0 amide bonds. The summed E-state index contributed by atoms with van der Waals surface area (Å²) in [5, 5.41) is 10.3. The van der Waals surface area contributed by atoms with Crippen molar-refractivity contribution in [3.05, 3.63) is 53.0 Å². The Hall–Kier alpha value is -0.810. The summed E-state index contributed by atoms with van der Waals surface area (Å²) >= 11 is 3.36. The molecule has 19 heavy (non-hydrogen) atoms. The SMILES string of the molecule is O=C([O-])COc1ccc(-c2ccccc2)cc1Br.[Na+]. The Morgan fingerprint density at radius 3 is 2.37 bits per heavy atom. The summed E-state index contributed by atoms with van der Waals surface area (Å²) in [4.78, 5) is 10.3. The second kappa shape index (κ2) is 7.70. The molecule has 92 valence electrons. The number of rotatable bonds is 4. The minimum Gasteiger partial charge on any atom is -0.546 e. The predicted octanol–water partition coefficient (Wildman–Crippen LogP) is -0.751. The van der Waals surface area contributed by atoms with Crippen molar-refractivity contribution in [3.63, 3.8) is 0 Å². The first-order valence-corrected chi connectivity index (χ1v) is 6.14. The van der Waals surface area contributed by atoms with Crippen molar-refractivity contribution in [2.45, 2.75) is 0 Å². The maximum Gasteiger partial charge on any atom is 1.00 e. The molecule has 0 aliphatic heterocycles. The Kier molecular flexibility index (Phi) is 6.58. The molecular weight excluding hydrogens is 319 g/mol. The number of hydrogen-bond acceptors (Lipinski definition) is 3. The van der Waals surface area contributed by atoms with Gasteiger partial charge in [0.05, 0.1) is 10.4 Å². The van der Waals surface area contributed by atoms with Gasteiger partial charge in [-0.25, -0.2) is 0 Å². The van der Waals surface area contributed by atoms with Crippen molar-refractivity contribution >= 4 is 21.9 Å². The van der Waals surface area contributed by atoms with Crippen LogP contribution in [0.25, 0.3) is 11.1 Å². The number of carbonyl (C=O) groups is 1. The molecule has 3 nitrogen and oxygen atoms in total. The molecule has 0 fully saturated rings. The summed E-state index contributed by atoms with van der Waals surface area (Å²) in [6.07, 6.45) is 0. The molecule has 2 aromatic carbocycles. The monoisotopic (exact) mass is 328 g/mol. The van der Waals surface area contributed by atoms with Crippen LogP contribution in [0.15, 0.2) is 53.0 Å². The molecule has 0 spiro atoms. The van der Waals surface area contributed by atoms with E-state index >= 15 is 0 Å². The number of carboxylic acid groups (broad SMARTS) is 1. The quantitative estimate of drug-likeness (QED) is 0.694.